The van der Waals surface area contributed by atoms with Crippen LogP contribution in [-0.2, 0) is 12.8 Å². The molecule has 3 aromatic heterocycles. The van der Waals surface area contributed by atoms with E-state index in [1.807, 2.05) is 24.3 Å². The number of rotatable bonds is 11. The molecular formula is C58H48N4. The molecule has 0 saturated heterocycles. The van der Waals surface area contributed by atoms with Crippen molar-refractivity contribution in [2.75, 3.05) is 0 Å². The van der Waals surface area contributed by atoms with Crippen molar-refractivity contribution in [1.82, 2.24) is 19.1 Å². The van der Waals surface area contributed by atoms with Crippen LogP contribution in [0.5, 0.6) is 0 Å². The third-order valence-electron chi connectivity index (χ3n) is 12.6. The van der Waals surface area contributed by atoms with Crippen molar-refractivity contribution in [3.63, 3.8) is 0 Å². The quantitative estimate of drug-likeness (QED) is 0.122. The molecule has 0 saturated carbocycles. The van der Waals surface area contributed by atoms with Crippen molar-refractivity contribution >= 4 is 60.7 Å². The van der Waals surface area contributed by atoms with Crippen LogP contribution in [0.1, 0.15) is 47.5 Å². The molecule has 9 aromatic rings. The van der Waals surface area contributed by atoms with Crippen LogP contribution in [0.4, 0.5) is 0 Å². The molecule has 1 aliphatic rings. The highest BCUT2D eigenvalue weighted by atomic mass is 15.2. The zero-order valence-corrected chi connectivity index (χ0v) is 35.2. The Morgan fingerprint density at radius 2 is 1.40 bits per heavy atom. The fourth-order valence-corrected chi connectivity index (χ4v) is 9.77. The van der Waals surface area contributed by atoms with Gasteiger partial charge in [-0.25, -0.2) is 9.97 Å². The summed E-state index contributed by atoms with van der Waals surface area (Å²) in [5.41, 5.74) is 14.4. The molecule has 3 heterocycles. The molecule has 0 spiro atoms. The van der Waals surface area contributed by atoms with Gasteiger partial charge in [0.2, 0.25) is 5.95 Å². The van der Waals surface area contributed by atoms with Gasteiger partial charge in [0, 0.05) is 44.1 Å². The van der Waals surface area contributed by atoms with E-state index in [2.05, 4.69) is 182 Å². The Morgan fingerprint density at radius 1 is 0.661 bits per heavy atom. The molecule has 0 unspecified atom stereocenters. The number of hydrogen-bond donors (Lipinski definition) is 0. The lowest BCUT2D eigenvalue weighted by Crippen LogP contribution is -2.29. The Morgan fingerprint density at radius 3 is 2.18 bits per heavy atom. The topological polar surface area (TPSA) is 35.6 Å². The van der Waals surface area contributed by atoms with Crippen LogP contribution in [0.3, 0.4) is 0 Å². The van der Waals surface area contributed by atoms with E-state index < -0.39 is 0 Å². The number of fused-ring (bicyclic) bond motifs is 8. The molecular weight excluding hydrogens is 753 g/mol. The number of aryl methyl sites for hydroxylation is 2. The molecule has 0 aliphatic heterocycles. The van der Waals surface area contributed by atoms with Gasteiger partial charge in [-0.3, -0.25) is 4.57 Å². The predicted octanol–water partition coefficient (Wildman–Crippen LogP) is 13.0. The van der Waals surface area contributed by atoms with E-state index in [4.69, 9.17) is 9.97 Å². The molecule has 0 fully saturated rings. The van der Waals surface area contributed by atoms with Gasteiger partial charge in [0.25, 0.3) is 0 Å². The number of aromatic nitrogens is 4. The second kappa shape index (κ2) is 16.1. The SMILES string of the molecule is C=CCCc1c(C)nc(-n2c3c(c4ccc(-c5cc6c7ccccc7n(-c7ccccc7)c6c6ccccc56)cc42)CCC=C3)nc1/C(C=C)=c1\cccc\c1=C(/C=C)CC=C. The maximum Gasteiger partial charge on any atom is 0.235 e. The van der Waals surface area contributed by atoms with Gasteiger partial charge < -0.3 is 4.57 Å². The van der Waals surface area contributed by atoms with Crippen molar-refractivity contribution in [1.29, 1.82) is 0 Å². The average molecular weight is 801 g/mol. The molecule has 300 valence electrons. The monoisotopic (exact) mass is 800 g/mol. The molecule has 0 radical (unpaired) electrons. The Balaban J connectivity index is 1.26. The summed E-state index contributed by atoms with van der Waals surface area (Å²) in [6.45, 7) is 18.8. The lowest BCUT2D eigenvalue weighted by Gasteiger charge is -2.17. The van der Waals surface area contributed by atoms with E-state index in [0.29, 0.717) is 12.4 Å². The van der Waals surface area contributed by atoms with Crippen LogP contribution in [0, 0.1) is 6.92 Å². The number of hydrogen-bond acceptors (Lipinski definition) is 2. The lowest BCUT2D eigenvalue weighted by atomic mass is 9.94. The molecule has 10 rings (SSSR count). The summed E-state index contributed by atoms with van der Waals surface area (Å²) in [6.07, 6.45) is 16.5. The van der Waals surface area contributed by atoms with Crippen molar-refractivity contribution in [3.05, 3.63) is 223 Å². The van der Waals surface area contributed by atoms with Gasteiger partial charge in [-0.2, -0.15) is 0 Å². The normalized spacial score (nSPS) is 13.4. The Hall–Kier alpha value is -7.56. The highest BCUT2D eigenvalue weighted by Crippen LogP contribution is 2.43. The van der Waals surface area contributed by atoms with E-state index in [-0.39, 0.29) is 0 Å². The van der Waals surface area contributed by atoms with Gasteiger partial charge in [-0.15, -0.1) is 13.2 Å². The standard InChI is InChI=1S/C58H48N4/c1-6-10-25-43-38(5)59-58(60-56(43)42(9-4)45-27-15-14-26-44(45)39(8-3)22-7-2)62-54-33-21-18-29-47(54)49-35-34-40(36-55(49)62)51-37-52-48-30-19-20-32-53(48)61(41-23-12-11-13-24-41)57(52)50-31-17-16-28-46(50)51/h6-9,11-17,19-21,23-24,26-28,30-37H,1-4,10,18,22,25,29H2,5H3/b44-39-,45-42+. The van der Waals surface area contributed by atoms with Crippen LogP contribution in [0.25, 0.3) is 83.5 Å². The van der Waals surface area contributed by atoms with Crippen LogP contribution < -0.4 is 10.4 Å². The van der Waals surface area contributed by atoms with E-state index >= 15 is 0 Å². The molecule has 6 aromatic carbocycles. The second-order valence-corrected chi connectivity index (χ2v) is 16.1. The maximum atomic E-state index is 5.58. The molecule has 1 aliphatic carbocycles. The van der Waals surface area contributed by atoms with Gasteiger partial charge in [0.1, 0.15) is 0 Å². The van der Waals surface area contributed by atoms with E-state index in [1.54, 1.807) is 0 Å². The van der Waals surface area contributed by atoms with Gasteiger partial charge in [-0.05, 0) is 114 Å². The van der Waals surface area contributed by atoms with Crippen LogP contribution in [0.2, 0.25) is 0 Å². The van der Waals surface area contributed by atoms with Gasteiger partial charge in [0.15, 0.2) is 0 Å². The zero-order valence-electron chi connectivity index (χ0n) is 35.2. The van der Waals surface area contributed by atoms with Crippen LogP contribution in [-0.4, -0.2) is 19.1 Å². The molecule has 4 nitrogen and oxygen atoms in total. The summed E-state index contributed by atoms with van der Waals surface area (Å²) in [6, 6.07) is 46.2. The Labute approximate surface area is 362 Å². The summed E-state index contributed by atoms with van der Waals surface area (Å²) in [5.74, 6) is 0.650. The lowest BCUT2D eigenvalue weighted by molar-refractivity contribution is 0.865. The smallest absolute Gasteiger partial charge is 0.235 e. The molecule has 4 heteroatoms. The largest absolute Gasteiger partial charge is 0.309 e. The summed E-state index contributed by atoms with van der Waals surface area (Å²) in [7, 11) is 0. The summed E-state index contributed by atoms with van der Waals surface area (Å²) < 4.78 is 4.72. The zero-order chi connectivity index (χ0) is 42.3. The minimum absolute atomic E-state index is 0.650. The molecule has 0 bridgehead atoms. The third-order valence-corrected chi connectivity index (χ3v) is 12.6. The molecule has 62 heavy (non-hydrogen) atoms. The first-order valence-corrected chi connectivity index (χ1v) is 21.6. The third kappa shape index (κ3) is 6.30. The molecule has 0 atom stereocenters. The van der Waals surface area contributed by atoms with Crippen LogP contribution in [0.15, 0.2) is 184 Å². The van der Waals surface area contributed by atoms with Crippen molar-refractivity contribution in [2.24, 2.45) is 0 Å². The van der Waals surface area contributed by atoms with Crippen molar-refractivity contribution < 1.29 is 0 Å². The maximum absolute atomic E-state index is 5.58. The molecule has 0 amide bonds. The van der Waals surface area contributed by atoms with Gasteiger partial charge in [0.05, 0.1) is 27.9 Å². The number of allylic oxidation sites excluding steroid dienone is 5. The second-order valence-electron chi connectivity index (χ2n) is 16.1. The summed E-state index contributed by atoms with van der Waals surface area (Å²) >= 11 is 0. The average Bonchev–Trinajstić information content (AvgIpc) is 3.83. The fourth-order valence-electron chi connectivity index (χ4n) is 9.77. The number of para-hydroxylation sites is 2. The first-order valence-electron chi connectivity index (χ1n) is 21.6. The first-order chi connectivity index (χ1) is 30.5. The van der Waals surface area contributed by atoms with Crippen LogP contribution >= 0.6 is 0 Å². The van der Waals surface area contributed by atoms with Gasteiger partial charge >= 0.3 is 0 Å². The number of nitrogens with zero attached hydrogens (tertiary/aromatic N) is 4. The highest BCUT2D eigenvalue weighted by molar-refractivity contribution is 6.22. The van der Waals surface area contributed by atoms with E-state index in [9.17, 15) is 0 Å². The van der Waals surface area contributed by atoms with E-state index in [0.717, 1.165) is 86.7 Å². The van der Waals surface area contributed by atoms with E-state index in [1.165, 1.54) is 49.1 Å². The van der Waals surface area contributed by atoms with Gasteiger partial charge in [-0.1, -0.05) is 141 Å². The molecule has 0 N–H and O–H groups in total. The fraction of sp³-hybridized carbons (Fsp3) is 0.103. The first kappa shape index (κ1) is 38.6. The highest BCUT2D eigenvalue weighted by Gasteiger charge is 2.24. The Kier molecular flexibility index (Phi) is 10.1. The van der Waals surface area contributed by atoms with Crippen molar-refractivity contribution in [3.8, 4) is 22.8 Å². The minimum atomic E-state index is 0.650. The van der Waals surface area contributed by atoms with Crippen molar-refractivity contribution in [2.45, 2.75) is 39.0 Å². The summed E-state index contributed by atoms with van der Waals surface area (Å²) in [5, 5.41) is 8.26. The Bertz CT molecular complexity index is 3460. The number of benzene rings is 6. The predicted molar refractivity (Wildman–Crippen MR) is 264 cm³/mol. The summed E-state index contributed by atoms with van der Waals surface area (Å²) in [4.78, 5) is 10.9. The minimum Gasteiger partial charge on any atom is -0.309 e.